The molecule has 0 bridgehead atoms. The van der Waals surface area contributed by atoms with Crippen molar-refractivity contribution in [2.24, 2.45) is 0 Å². The first-order valence-electron chi connectivity index (χ1n) is 9.91. The Morgan fingerprint density at radius 1 is 1.09 bits per heavy atom. The topological polar surface area (TPSA) is 122 Å². The third-order valence-electron chi connectivity index (χ3n) is 4.88. The number of nitrogens with one attached hydrogen (secondary N) is 1. The highest BCUT2D eigenvalue weighted by Crippen LogP contribution is 2.30. The van der Waals surface area contributed by atoms with Gasteiger partial charge in [-0.05, 0) is 36.4 Å². The molecule has 0 saturated carbocycles. The van der Waals surface area contributed by atoms with Crippen molar-refractivity contribution >= 4 is 60.5 Å². The molecule has 2 aromatic rings. The van der Waals surface area contributed by atoms with Crippen molar-refractivity contribution in [2.45, 2.75) is 4.90 Å². The molecule has 1 aliphatic heterocycles. The number of sulfonamides is 2. The number of methoxy groups -OCH3 is 1. The predicted molar refractivity (Wildman–Crippen MR) is 130 cm³/mol. The van der Waals surface area contributed by atoms with Crippen LogP contribution in [0, 0.1) is 0 Å². The summed E-state index contributed by atoms with van der Waals surface area (Å²) < 4.78 is 63.3. The molecule has 14 heteroatoms. The van der Waals surface area contributed by atoms with Gasteiger partial charge in [0, 0.05) is 23.1 Å². The van der Waals surface area contributed by atoms with Crippen LogP contribution in [0.4, 0.5) is 11.4 Å². The van der Waals surface area contributed by atoms with Gasteiger partial charge in [-0.2, -0.15) is 4.31 Å². The second kappa shape index (κ2) is 10.7. The Kier molecular flexibility index (Phi) is 8.32. The van der Waals surface area contributed by atoms with Gasteiger partial charge in [-0.15, -0.1) is 0 Å². The van der Waals surface area contributed by atoms with E-state index >= 15 is 0 Å². The molecule has 0 aromatic heterocycles. The maximum atomic E-state index is 13.0. The standard InChI is InChI=1S/C20H23Cl2N3O7S2/c1-31-19-4-3-17(34(29,30)24-5-7-32-8-6-24)12-18(19)23-20(26)13-25(33(2,27)28)16-10-14(21)9-15(22)11-16/h3-4,9-12H,5-8,13H2,1-2H3,(H,23,26). The molecule has 1 amide bonds. The number of halogens is 2. The molecule has 0 spiro atoms. The molecule has 10 nitrogen and oxygen atoms in total. The van der Waals surface area contributed by atoms with Crippen LogP contribution in [0.1, 0.15) is 0 Å². The van der Waals surface area contributed by atoms with Crippen LogP contribution in [-0.4, -0.2) is 73.3 Å². The Morgan fingerprint density at radius 2 is 1.71 bits per heavy atom. The summed E-state index contributed by atoms with van der Waals surface area (Å²) in [6.07, 6.45) is 0.936. The van der Waals surface area contributed by atoms with Crippen LogP contribution < -0.4 is 14.4 Å². The number of morpholine rings is 1. The average molecular weight is 552 g/mol. The number of anilines is 2. The van der Waals surface area contributed by atoms with Crippen LogP contribution in [0.15, 0.2) is 41.3 Å². The SMILES string of the molecule is COc1ccc(S(=O)(=O)N2CCOCC2)cc1NC(=O)CN(c1cc(Cl)cc(Cl)c1)S(C)(=O)=O. The molecular weight excluding hydrogens is 529 g/mol. The Labute approximate surface area is 208 Å². The highest BCUT2D eigenvalue weighted by atomic mass is 35.5. The van der Waals surface area contributed by atoms with Gasteiger partial charge in [-0.25, -0.2) is 16.8 Å². The molecule has 1 saturated heterocycles. The van der Waals surface area contributed by atoms with E-state index in [9.17, 15) is 21.6 Å². The molecule has 1 heterocycles. The molecule has 186 valence electrons. The zero-order valence-electron chi connectivity index (χ0n) is 18.3. The summed E-state index contributed by atoms with van der Waals surface area (Å²) in [5, 5.41) is 2.92. The number of rotatable bonds is 8. The van der Waals surface area contributed by atoms with Crippen molar-refractivity contribution in [2.75, 3.05) is 55.8 Å². The number of carbonyl (C=O) groups is 1. The van der Waals surface area contributed by atoms with Gasteiger partial charge in [0.15, 0.2) is 0 Å². The molecule has 34 heavy (non-hydrogen) atoms. The Bertz CT molecular complexity index is 1260. The number of amides is 1. The van der Waals surface area contributed by atoms with Gasteiger partial charge in [0.05, 0.1) is 42.8 Å². The van der Waals surface area contributed by atoms with Gasteiger partial charge in [0.2, 0.25) is 26.0 Å². The predicted octanol–water partition coefficient (Wildman–Crippen LogP) is 2.43. The summed E-state index contributed by atoms with van der Waals surface area (Å²) in [7, 11) is -6.37. The summed E-state index contributed by atoms with van der Waals surface area (Å²) >= 11 is 12.0. The first kappa shape index (κ1) is 26.5. The van der Waals surface area contributed by atoms with E-state index in [2.05, 4.69) is 5.32 Å². The first-order valence-corrected chi connectivity index (χ1v) is 14.0. The third-order valence-corrected chi connectivity index (χ3v) is 8.35. The fourth-order valence-corrected chi connectivity index (χ4v) is 6.07. The van der Waals surface area contributed by atoms with Crippen LogP contribution in [0.25, 0.3) is 0 Å². The summed E-state index contributed by atoms with van der Waals surface area (Å²) in [6, 6.07) is 8.20. The summed E-state index contributed by atoms with van der Waals surface area (Å²) in [5.41, 5.74) is 0.171. The number of nitrogens with zero attached hydrogens (tertiary/aromatic N) is 2. The number of ether oxygens (including phenoxy) is 2. The monoisotopic (exact) mass is 551 g/mol. The van der Waals surface area contributed by atoms with Crippen molar-refractivity contribution in [1.29, 1.82) is 0 Å². The van der Waals surface area contributed by atoms with Gasteiger partial charge in [-0.3, -0.25) is 9.10 Å². The van der Waals surface area contributed by atoms with Crippen LogP contribution >= 0.6 is 23.2 Å². The summed E-state index contributed by atoms with van der Waals surface area (Å²) in [6.45, 7) is 0.379. The van der Waals surface area contributed by atoms with Crippen molar-refractivity contribution in [3.05, 3.63) is 46.4 Å². The van der Waals surface area contributed by atoms with E-state index in [1.165, 1.54) is 47.8 Å². The second-order valence-electron chi connectivity index (χ2n) is 7.32. The average Bonchev–Trinajstić information content (AvgIpc) is 2.76. The highest BCUT2D eigenvalue weighted by Gasteiger charge is 2.28. The number of hydrogen-bond donors (Lipinski definition) is 1. The smallest absolute Gasteiger partial charge is 0.245 e. The number of hydrogen-bond acceptors (Lipinski definition) is 7. The first-order chi connectivity index (χ1) is 15.9. The number of carbonyl (C=O) groups excluding carboxylic acids is 1. The van der Waals surface area contributed by atoms with Crippen molar-refractivity contribution in [3.63, 3.8) is 0 Å². The maximum Gasteiger partial charge on any atom is 0.245 e. The molecule has 0 atom stereocenters. The highest BCUT2D eigenvalue weighted by molar-refractivity contribution is 7.92. The second-order valence-corrected chi connectivity index (χ2v) is 12.0. The van der Waals surface area contributed by atoms with Gasteiger partial charge in [0.25, 0.3) is 0 Å². The molecule has 2 aromatic carbocycles. The maximum absolute atomic E-state index is 13.0. The summed E-state index contributed by atoms with van der Waals surface area (Å²) in [5.74, 6) is -0.535. The van der Waals surface area contributed by atoms with Crippen LogP contribution in [-0.2, 0) is 29.6 Å². The molecule has 0 radical (unpaired) electrons. The molecule has 0 unspecified atom stereocenters. The minimum Gasteiger partial charge on any atom is -0.495 e. The third kappa shape index (κ3) is 6.32. The van der Waals surface area contributed by atoms with Gasteiger partial charge in [0.1, 0.15) is 12.3 Å². The fraction of sp³-hybridized carbons (Fsp3) is 0.350. The van der Waals surface area contributed by atoms with E-state index in [0.29, 0.717) is 0 Å². The Hall–Kier alpha value is -2.09. The van der Waals surface area contributed by atoms with Crippen LogP contribution in [0.2, 0.25) is 10.0 Å². The Balaban J connectivity index is 1.88. The molecule has 1 fully saturated rings. The zero-order chi connectivity index (χ0) is 25.1. The molecule has 1 N–H and O–H groups in total. The molecule has 0 aliphatic carbocycles. The molecule has 3 rings (SSSR count). The van der Waals surface area contributed by atoms with Gasteiger partial charge in [-0.1, -0.05) is 23.2 Å². The molecular formula is C20H23Cl2N3O7S2. The summed E-state index contributed by atoms with van der Waals surface area (Å²) in [4.78, 5) is 12.8. The lowest BCUT2D eigenvalue weighted by Gasteiger charge is -2.26. The van der Waals surface area contributed by atoms with E-state index < -0.39 is 32.5 Å². The quantitative estimate of drug-likeness (QED) is 0.534. The lowest BCUT2D eigenvalue weighted by Crippen LogP contribution is -2.40. The van der Waals surface area contributed by atoms with Gasteiger partial charge >= 0.3 is 0 Å². The lowest BCUT2D eigenvalue weighted by molar-refractivity contribution is -0.114. The lowest BCUT2D eigenvalue weighted by atomic mass is 10.3. The molecule has 1 aliphatic rings. The Morgan fingerprint density at radius 3 is 2.26 bits per heavy atom. The van der Waals surface area contributed by atoms with Gasteiger partial charge < -0.3 is 14.8 Å². The van der Waals surface area contributed by atoms with E-state index in [4.69, 9.17) is 32.7 Å². The normalized spacial score (nSPS) is 15.1. The number of benzene rings is 2. The van der Waals surface area contributed by atoms with Crippen molar-refractivity contribution < 1.29 is 31.1 Å². The van der Waals surface area contributed by atoms with E-state index in [1.54, 1.807) is 0 Å². The van der Waals surface area contributed by atoms with E-state index in [0.717, 1.165) is 10.6 Å². The van der Waals surface area contributed by atoms with Crippen LogP contribution in [0.5, 0.6) is 5.75 Å². The van der Waals surface area contributed by atoms with Crippen LogP contribution in [0.3, 0.4) is 0 Å². The minimum absolute atomic E-state index is 0.0490. The largest absolute Gasteiger partial charge is 0.495 e. The van der Waals surface area contributed by atoms with E-state index in [-0.39, 0.29) is 58.4 Å². The van der Waals surface area contributed by atoms with E-state index in [1.807, 2.05) is 0 Å². The van der Waals surface area contributed by atoms with Crippen molar-refractivity contribution in [3.8, 4) is 5.75 Å². The minimum atomic E-state index is -3.89. The zero-order valence-corrected chi connectivity index (χ0v) is 21.5. The van der Waals surface area contributed by atoms with Crippen molar-refractivity contribution in [1.82, 2.24) is 4.31 Å². The fourth-order valence-electron chi connectivity index (χ4n) is 3.28.